The van der Waals surface area contributed by atoms with Crippen molar-refractivity contribution in [1.29, 1.82) is 0 Å². The van der Waals surface area contributed by atoms with E-state index in [4.69, 9.17) is 9.47 Å². The molecule has 2 aromatic rings. The first-order chi connectivity index (χ1) is 15.2. The number of aryl methyl sites for hydroxylation is 1. The molecule has 2 aromatic carbocycles. The summed E-state index contributed by atoms with van der Waals surface area (Å²) in [6.45, 7) is 8.58. The van der Waals surface area contributed by atoms with Crippen LogP contribution in [0.5, 0.6) is 5.75 Å². The zero-order valence-corrected chi connectivity index (χ0v) is 20.4. The molecule has 0 aliphatic heterocycles. The molecule has 1 aliphatic rings. The summed E-state index contributed by atoms with van der Waals surface area (Å²) in [7, 11) is 3.58. The summed E-state index contributed by atoms with van der Waals surface area (Å²) in [5, 5.41) is 3.71. The monoisotopic (exact) mass is 438 g/mol. The van der Waals surface area contributed by atoms with Gasteiger partial charge in [-0.05, 0) is 76.6 Å². The van der Waals surface area contributed by atoms with E-state index in [1.165, 1.54) is 22.3 Å². The summed E-state index contributed by atoms with van der Waals surface area (Å²) in [5.41, 5.74) is 4.38. The standard InChI is InChI=1S/C27H38N2O3/c1-19-7-9-20(10-8-19)21-11-16-25(31-6)22(17-21)18-28-23-12-14-24(15-13-23)29(5)26(30)32-27(2,3)4/h7-11,16-17,23-24,28H,12-15,18H2,1-6H3/t23-,24-. The van der Waals surface area contributed by atoms with Crippen LogP contribution in [0.4, 0.5) is 4.79 Å². The van der Waals surface area contributed by atoms with Gasteiger partial charge in [-0.15, -0.1) is 0 Å². The van der Waals surface area contributed by atoms with E-state index in [9.17, 15) is 4.79 Å². The highest BCUT2D eigenvalue weighted by Crippen LogP contribution is 2.28. The Morgan fingerprint density at radius 2 is 1.66 bits per heavy atom. The number of methoxy groups -OCH3 is 1. The van der Waals surface area contributed by atoms with E-state index in [2.05, 4.69) is 54.7 Å². The van der Waals surface area contributed by atoms with Gasteiger partial charge in [0.1, 0.15) is 11.4 Å². The van der Waals surface area contributed by atoms with E-state index < -0.39 is 5.60 Å². The highest BCUT2D eigenvalue weighted by molar-refractivity contribution is 5.68. The first-order valence-corrected chi connectivity index (χ1v) is 11.6. The van der Waals surface area contributed by atoms with Gasteiger partial charge in [-0.25, -0.2) is 4.79 Å². The fraction of sp³-hybridized carbons (Fsp3) is 0.519. The highest BCUT2D eigenvalue weighted by atomic mass is 16.6. The van der Waals surface area contributed by atoms with Gasteiger partial charge in [-0.2, -0.15) is 0 Å². The van der Waals surface area contributed by atoms with Crippen molar-refractivity contribution in [3.8, 4) is 16.9 Å². The molecule has 1 saturated carbocycles. The first-order valence-electron chi connectivity index (χ1n) is 11.6. The number of hydrogen-bond acceptors (Lipinski definition) is 4. The number of hydrogen-bond donors (Lipinski definition) is 1. The third kappa shape index (κ3) is 6.49. The molecular weight excluding hydrogens is 400 g/mol. The summed E-state index contributed by atoms with van der Waals surface area (Å²) in [4.78, 5) is 14.1. The smallest absolute Gasteiger partial charge is 0.410 e. The topological polar surface area (TPSA) is 50.8 Å². The maximum atomic E-state index is 12.4. The SMILES string of the molecule is COc1ccc(-c2ccc(C)cc2)cc1CN[C@H]1CC[C@H](N(C)C(=O)OC(C)(C)C)CC1. The average molecular weight is 439 g/mol. The van der Waals surface area contributed by atoms with E-state index >= 15 is 0 Å². The van der Waals surface area contributed by atoms with Gasteiger partial charge in [0, 0.05) is 31.2 Å². The lowest BCUT2D eigenvalue weighted by Gasteiger charge is -2.36. The van der Waals surface area contributed by atoms with Gasteiger partial charge in [0.2, 0.25) is 0 Å². The minimum Gasteiger partial charge on any atom is -0.496 e. The molecule has 0 spiro atoms. The van der Waals surface area contributed by atoms with Crippen molar-refractivity contribution in [1.82, 2.24) is 10.2 Å². The van der Waals surface area contributed by atoms with Crippen LogP contribution < -0.4 is 10.1 Å². The minimum atomic E-state index is -0.462. The number of rotatable bonds is 6. The summed E-state index contributed by atoms with van der Waals surface area (Å²) >= 11 is 0. The minimum absolute atomic E-state index is 0.230. The molecule has 32 heavy (non-hydrogen) atoms. The maximum absolute atomic E-state index is 12.4. The molecule has 174 valence electrons. The van der Waals surface area contributed by atoms with Crippen LogP contribution in [-0.2, 0) is 11.3 Å². The van der Waals surface area contributed by atoms with Gasteiger partial charge in [0.25, 0.3) is 0 Å². The van der Waals surface area contributed by atoms with Gasteiger partial charge >= 0.3 is 6.09 Å². The van der Waals surface area contributed by atoms with Gasteiger partial charge in [0.15, 0.2) is 0 Å². The predicted molar refractivity (Wildman–Crippen MR) is 130 cm³/mol. The molecule has 5 nitrogen and oxygen atoms in total. The largest absolute Gasteiger partial charge is 0.496 e. The lowest BCUT2D eigenvalue weighted by molar-refractivity contribution is 0.0179. The number of benzene rings is 2. The Labute approximate surface area is 193 Å². The molecule has 0 aromatic heterocycles. The quantitative estimate of drug-likeness (QED) is 0.606. The molecule has 0 radical (unpaired) electrons. The molecule has 0 bridgehead atoms. The first kappa shape index (κ1) is 24.1. The van der Waals surface area contributed by atoms with Crippen molar-refractivity contribution in [3.63, 3.8) is 0 Å². The average Bonchev–Trinajstić information content (AvgIpc) is 2.76. The van der Waals surface area contributed by atoms with Crippen LogP contribution in [-0.4, -0.2) is 42.8 Å². The van der Waals surface area contributed by atoms with Crippen LogP contribution in [0.25, 0.3) is 11.1 Å². The molecule has 0 saturated heterocycles. The van der Waals surface area contributed by atoms with Crippen LogP contribution in [0.2, 0.25) is 0 Å². The van der Waals surface area contributed by atoms with Gasteiger partial charge in [0.05, 0.1) is 7.11 Å². The zero-order chi connectivity index (χ0) is 23.3. The fourth-order valence-corrected chi connectivity index (χ4v) is 4.25. The Morgan fingerprint density at radius 3 is 2.25 bits per heavy atom. The third-order valence-corrected chi connectivity index (χ3v) is 6.17. The maximum Gasteiger partial charge on any atom is 0.410 e. The van der Waals surface area contributed by atoms with Gasteiger partial charge in [-0.3, -0.25) is 0 Å². The summed E-state index contributed by atoms with van der Waals surface area (Å²) < 4.78 is 11.1. The Balaban J connectivity index is 1.56. The molecule has 1 N–H and O–H groups in total. The zero-order valence-electron chi connectivity index (χ0n) is 20.4. The number of amides is 1. The number of nitrogens with one attached hydrogen (secondary N) is 1. The molecule has 5 heteroatoms. The molecular formula is C27H38N2O3. The second-order valence-corrected chi connectivity index (χ2v) is 9.87. The van der Waals surface area contributed by atoms with E-state index in [0.717, 1.165) is 38.0 Å². The Hall–Kier alpha value is -2.53. The second-order valence-electron chi connectivity index (χ2n) is 9.87. The Kier molecular flexibility index (Phi) is 7.83. The van der Waals surface area contributed by atoms with Crippen LogP contribution in [0.1, 0.15) is 57.6 Å². The number of carbonyl (C=O) groups is 1. The number of ether oxygens (including phenoxy) is 2. The number of nitrogens with zero attached hydrogens (tertiary/aromatic N) is 1. The van der Waals surface area contributed by atoms with E-state index in [1.807, 2.05) is 27.8 Å². The lowest BCUT2D eigenvalue weighted by atomic mass is 9.90. The van der Waals surface area contributed by atoms with Crippen LogP contribution in [0.15, 0.2) is 42.5 Å². The normalized spacial score (nSPS) is 18.8. The molecule has 0 unspecified atom stereocenters. The van der Waals surface area contributed by atoms with Crippen molar-refractivity contribution in [2.45, 2.75) is 77.6 Å². The van der Waals surface area contributed by atoms with E-state index in [1.54, 1.807) is 12.0 Å². The van der Waals surface area contributed by atoms with Crippen molar-refractivity contribution >= 4 is 6.09 Å². The molecule has 1 amide bonds. The summed E-state index contributed by atoms with van der Waals surface area (Å²) in [6.07, 6.45) is 3.81. The predicted octanol–water partition coefficient (Wildman–Crippen LogP) is 5.94. The molecule has 0 atom stereocenters. The third-order valence-electron chi connectivity index (χ3n) is 6.17. The van der Waals surface area contributed by atoms with Gasteiger partial charge in [-0.1, -0.05) is 35.9 Å². The van der Waals surface area contributed by atoms with Crippen molar-refractivity contribution in [3.05, 3.63) is 53.6 Å². The fourth-order valence-electron chi connectivity index (χ4n) is 4.25. The lowest BCUT2D eigenvalue weighted by Crippen LogP contribution is -2.44. The van der Waals surface area contributed by atoms with Crippen LogP contribution >= 0.6 is 0 Å². The Morgan fingerprint density at radius 1 is 1.03 bits per heavy atom. The van der Waals surface area contributed by atoms with Crippen molar-refractivity contribution < 1.29 is 14.3 Å². The van der Waals surface area contributed by atoms with Crippen LogP contribution in [0.3, 0.4) is 0 Å². The molecule has 3 rings (SSSR count). The van der Waals surface area contributed by atoms with Crippen LogP contribution in [0, 0.1) is 6.92 Å². The van der Waals surface area contributed by atoms with Crippen molar-refractivity contribution in [2.24, 2.45) is 0 Å². The Bertz CT molecular complexity index is 894. The number of carbonyl (C=O) groups excluding carboxylic acids is 1. The molecule has 0 heterocycles. The second kappa shape index (κ2) is 10.4. The summed E-state index contributed by atoms with van der Waals surface area (Å²) in [5.74, 6) is 0.909. The van der Waals surface area contributed by atoms with E-state index in [0.29, 0.717) is 6.04 Å². The molecule has 1 fully saturated rings. The van der Waals surface area contributed by atoms with Gasteiger partial charge < -0.3 is 19.7 Å². The highest BCUT2D eigenvalue weighted by Gasteiger charge is 2.29. The van der Waals surface area contributed by atoms with Crippen molar-refractivity contribution in [2.75, 3.05) is 14.2 Å². The molecule has 1 aliphatic carbocycles. The summed E-state index contributed by atoms with van der Waals surface area (Å²) in [6, 6.07) is 15.7. The van der Waals surface area contributed by atoms with E-state index in [-0.39, 0.29) is 12.1 Å².